The lowest BCUT2D eigenvalue weighted by Crippen LogP contribution is -2.51. The van der Waals surface area contributed by atoms with Gasteiger partial charge in [-0.3, -0.25) is 4.79 Å². The summed E-state index contributed by atoms with van der Waals surface area (Å²) in [5, 5.41) is 3.24. The highest BCUT2D eigenvalue weighted by Crippen LogP contribution is 2.36. The monoisotopic (exact) mass is 388 g/mol. The van der Waals surface area contributed by atoms with Gasteiger partial charge < -0.3 is 10.2 Å². The molecular weight excluding hydrogens is 356 g/mol. The number of aryl methyl sites for hydroxylation is 1. The van der Waals surface area contributed by atoms with Crippen molar-refractivity contribution in [1.82, 2.24) is 10.2 Å². The van der Waals surface area contributed by atoms with Crippen LogP contribution in [0.3, 0.4) is 0 Å². The minimum absolute atomic E-state index is 0.160. The molecular formula is C26H32N2O. The lowest BCUT2D eigenvalue weighted by Gasteiger charge is -2.42. The number of carbonyl (C=O) groups is 1. The Morgan fingerprint density at radius 3 is 2.31 bits per heavy atom. The van der Waals surface area contributed by atoms with Gasteiger partial charge in [0, 0.05) is 25.3 Å². The first-order valence-electron chi connectivity index (χ1n) is 10.6. The Morgan fingerprint density at radius 1 is 1.07 bits per heavy atom. The van der Waals surface area contributed by atoms with E-state index in [2.05, 4.69) is 53.2 Å². The molecule has 0 unspecified atom stereocenters. The highest BCUT2D eigenvalue weighted by atomic mass is 16.2. The number of allylic oxidation sites excluding steroid dienone is 2. The zero-order valence-electron chi connectivity index (χ0n) is 17.4. The Labute approximate surface area is 175 Å². The maximum absolute atomic E-state index is 13.4. The summed E-state index contributed by atoms with van der Waals surface area (Å²) in [7, 11) is 0. The molecule has 0 bridgehead atoms. The smallest absolute Gasteiger partial charge is 0.230 e. The van der Waals surface area contributed by atoms with E-state index in [0.29, 0.717) is 6.54 Å². The molecule has 0 atom stereocenters. The molecule has 2 aromatic rings. The fourth-order valence-electron chi connectivity index (χ4n) is 4.19. The van der Waals surface area contributed by atoms with Crippen LogP contribution in [0.15, 0.2) is 85.1 Å². The number of rotatable bonds is 8. The lowest BCUT2D eigenvalue weighted by molar-refractivity contribution is -0.128. The number of nitrogens with one attached hydrogen (secondary N) is 1. The van der Waals surface area contributed by atoms with E-state index < -0.39 is 5.41 Å². The van der Waals surface area contributed by atoms with Crippen molar-refractivity contribution in [2.45, 2.75) is 38.0 Å². The molecule has 152 valence electrons. The number of carbonyl (C=O) groups excluding carboxylic acids is 1. The molecule has 3 heteroatoms. The van der Waals surface area contributed by atoms with E-state index in [1.165, 1.54) is 5.56 Å². The van der Waals surface area contributed by atoms with Crippen LogP contribution in [0, 0.1) is 0 Å². The first-order valence-corrected chi connectivity index (χ1v) is 10.6. The Morgan fingerprint density at radius 2 is 1.69 bits per heavy atom. The Kier molecular flexibility index (Phi) is 7.29. The van der Waals surface area contributed by atoms with Gasteiger partial charge in [-0.2, -0.15) is 0 Å². The average Bonchev–Trinajstić information content (AvgIpc) is 2.78. The van der Waals surface area contributed by atoms with Crippen molar-refractivity contribution < 1.29 is 4.79 Å². The van der Waals surface area contributed by atoms with Gasteiger partial charge in [-0.15, -0.1) is 0 Å². The molecule has 1 amide bonds. The fourth-order valence-corrected chi connectivity index (χ4v) is 4.19. The van der Waals surface area contributed by atoms with Gasteiger partial charge in [0.25, 0.3) is 0 Å². The minimum Gasteiger partial charge on any atom is -0.372 e. The van der Waals surface area contributed by atoms with Crippen molar-refractivity contribution in [3.8, 4) is 0 Å². The van der Waals surface area contributed by atoms with E-state index in [9.17, 15) is 4.79 Å². The van der Waals surface area contributed by atoms with Crippen LogP contribution in [0.4, 0.5) is 0 Å². The van der Waals surface area contributed by atoms with Gasteiger partial charge in [-0.05, 0) is 49.8 Å². The molecule has 0 saturated carbocycles. The molecule has 0 aromatic heterocycles. The number of benzene rings is 2. The van der Waals surface area contributed by atoms with Crippen LogP contribution in [-0.4, -0.2) is 30.4 Å². The molecule has 1 heterocycles. The number of nitrogens with zero attached hydrogens (tertiary/aromatic N) is 1. The van der Waals surface area contributed by atoms with Crippen LogP contribution < -0.4 is 5.32 Å². The van der Waals surface area contributed by atoms with E-state index in [1.54, 1.807) is 0 Å². The summed E-state index contributed by atoms with van der Waals surface area (Å²) in [6.07, 6.45) is 7.59. The molecule has 1 fully saturated rings. The number of piperidine rings is 1. The molecule has 1 aliphatic rings. The minimum atomic E-state index is -0.458. The summed E-state index contributed by atoms with van der Waals surface area (Å²) in [6, 6.07) is 20.7. The topological polar surface area (TPSA) is 32.3 Å². The van der Waals surface area contributed by atoms with Gasteiger partial charge in [-0.25, -0.2) is 0 Å². The van der Waals surface area contributed by atoms with Crippen LogP contribution in [-0.2, 0) is 16.6 Å². The summed E-state index contributed by atoms with van der Waals surface area (Å²) in [4.78, 5) is 15.6. The molecule has 0 radical (unpaired) electrons. The number of hydrogen-bond acceptors (Lipinski definition) is 2. The Hall–Kier alpha value is -2.81. The molecule has 1 N–H and O–H groups in total. The highest BCUT2D eigenvalue weighted by molar-refractivity contribution is 5.88. The largest absolute Gasteiger partial charge is 0.372 e. The number of hydrogen-bond donors (Lipinski definition) is 1. The van der Waals surface area contributed by atoms with Crippen LogP contribution in [0.1, 0.15) is 37.3 Å². The van der Waals surface area contributed by atoms with Crippen LogP contribution >= 0.6 is 0 Å². The number of likely N-dealkylation sites (tertiary alicyclic amines) is 1. The van der Waals surface area contributed by atoms with Gasteiger partial charge in [0.1, 0.15) is 0 Å². The van der Waals surface area contributed by atoms with Gasteiger partial charge in [-0.1, -0.05) is 73.3 Å². The second-order valence-corrected chi connectivity index (χ2v) is 7.77. The first kappa shape index (κ1) is 20.9. The van der Waals surface area contributed by atoms with Gasteiger partial charge >= 0.3 is 0 Å². The molecule has 29 heavy (non-hydrogen) atoms. The molecule has 0 aliphatic carbocycles. The summed E-state index contributed by atoms with van der Waals surface area (Å²) < 4.78 is 0. The van der Waals surface area contributed by atoms with Gasteiger partial charge in [0.05, 0.1) is 5.41 Å². The molecule has 0 spiro atoms. The molecule has 3 rings (SSSR count). The van der Waals surface area contributed by atoms with Gasteiger partial charge in [0.15, 0.2) is 0 Å². The quantitative estimate of drug-likeness (QED) is 0.517. The zero-order chi connectivity index (χ0) is 20.5. The van der Waals surface area contributed by atoms with Crippen LogP contribution in [0.5, 0.6) is 0 Å². The van der Waals surface area contributed by atoms with Crippen LogP contribution in [0.25, 0.3) is 0 Å². The Balaban J connectivity index is 1.65. The normalized spacial score (nSPS) is 16.0. The van der Waals surface area contributed by atoms with Crippen molar-refractivity contribution in [1.29, 1.82) is 0 Å². The maximum Gasteiger partial charge on any atom is 0.230 e. The van der Waals surface area contributed by atoms with E-state index in [0.717, 1.165) is 50.0 Å². The third-order valence-corrected chi connectivity index (χ3v) is 5.91. The second kappa shape index (κ2) is 10.1. The second-order valence-electron chi connectivity index (χ2n) is 7.77. The summed E-state index contributed by atoms with van der Waals surface area (Å²) in [5.41, 5.74) is 3.00. The number of amides is 1. The zero-order valence-corrected chi connectivity index (χ0v) is 17.4. The fraction of sp³-hybridized carbons (Fsp3) is 0.346. The van der Waals surface area contributed by atoms with E-state index >= 15 is 0 Å². The van der Waals surface area contributed by atoms with E-state index in [4.69, 9.17) is 0 Å². The van der Waals surface area contributed by atoms with Crippen molar-refractivity contribution in [3.05, 3.63) is 96.2 Å². The predicted molar refractivity (Wildman–Crippen MR) is 121 cm³/mol. The van der Waals surface area contributed by atoms with Crippen LogP contribution in [0.2, 0.25) is 0 Å². The summed E-state index contributed by atoms with van der Waals surface area (Å²) in [5.74, 6) is 0.160. The van der Waals surface area contributed by atoms with Crippen molar-refractivity contribution >= 4 is 5.91 Å². The lowest BCUT2D eigenvalue weighted by atomic mass is 9.72. The molecule has 1 aliphatic heterocycles. The van der Waals surface area contributed by atoms with Crippen molar-refractivity contribution in [3.63, 3.8) is 0 Å². The highest BCUT2D eigenvalue weighted by Gasteiger charge is 2.42. The Bertz CT molecular complexity index is 818. The molecule has 3 nitrogen and oxygen atoms in total. The third kappa shape index (κ3) is 5.17. The van der Waals surface area contributed by atoms with E-state index in [-0.39, 0.29) is 5.91 Å². The standard InChI is InChI=1S/C26H32N2O/c1-3-11-22(2)28-20-17-26(18-21-28,24-15-8-5-9-16-24)25(29)27-19-10-14-23-12-6-4-7-13-23/h3-9,11-13,15-16H,2,10,14,17-21H2,1H3,(H,27,29)/b11-3+. The third-order valence-electron chi connectivity index (χ3n) is 5.91. The average molecular weight is 389 g/mol. The summed E-state index contributed by atoms with van der Waals surface area (Å²) >= 11 is 0. The van der Waals surface area contributed by atoms with Crippen molar-refractivity contribution in [2.24, 2.45) is 0 Å². The molecule has 2 aromatic carbocycles. The van der Waals surface area contributed by atoms with E-state index in [1.807, 2.05) is 43.3 Å². The maximum atomic E-state index is 13.4. The first-order chi connectivity index (χ1) is 14.2. The SMILES string of the molecule is C=C(/C=C/C)N1CCC(C(=O)NCCCc2ccccc2)(c2ccccc2)CC1. The summed E-state index contributed by atoms with van der Waals surface area (Å²) in [6.45, 7) is 8.56. The molecule has 1 saturated heterocycles. The van der Waals surface area contributed by atoms with Gasteiger partial charge in [0.2, 0.25) is 5.91 Å². The predicted octanol–water partition coefficient (Wildman–Crippen LogP) is 4.86. The van der Waals surface area contributed by atoms with Crippen molar-refractivity contribution in [2.75, 3.05) is 19.6 Å².